The summed E-state index contributed by atoms with van der Waals surface area (Å²) in [5.74, 6) is 0.766. The summed E-state index contributed by atoms with van der Waals surface area (Å²) in [6, 6.07) is 9.97. The summed E-state index contributed by atoms with van der Waals surface area (Å²) in [5, 5.41) is 7.81. The van der Waals surface area contributed by atoms with Crippen LogP contribution >= 0.6 is 0 Å². The predicted molar refractivity (Wildman–Crippen MR) is 136 cm³/mol. The van der Waals surface area contributed by atoms with Crippen molar-refractivity contribution in [3.05, 3.63) is 41.6 Å². The van der Waals surface area contributed by atoms with Gasteiger partial charge >= 0.3 is 0 Å². The van der Waals surface area contributed by atoms with Crippen LogP contribution in [-0.2, 0) is 15.0 Å². The normalized spacial score (nSPS) is 11.6. The molecule has 0 fully saturated rings. The van der Waals surface area contributed by atoms with Crippen molar-refractivity contribution in [2.45, 2.75) is 86.0 Å². The molecule has 2 aromatic rings. The Morgan fingerprint density at radius 1 is 1.12 bits per heavy atom. The van der Waals surface area contributed by atoms with Gasteiger partial charge in [-0.15, -0.1) is 0 Å². The fourth-order valence-corrected chi connectivity index (χ4v) is 3.71. The highest BCUT2D eigenvalue weighted by Gasteiger charge is 2.23. The van der Waals surface area contributed by atoms with E-state index in [1.165, 1.54) is 0 Å². The molecule has 0 atom stereocenters. The molecule has 1 heterocycles. The van der Waals surface area contributed by atoms with E-state index in [4.69, 9.17) is 5.10 Å². The van der Waals surface area contributed by atoms with E-state index in [1.54, 1.807) is 9.58 Å². The number of nitrogens with one attached hydrogen (secondary N) is 1. The average molecular weight is 455 g/mol. The molecule has 182 valence electrons. The van der Waals surface area contributed by atoms with E-state index in [2.05, 4.69) is 46.9 Å². The van der Waals surface area contributed by atoms with Crippen LogP contribution in [0.25, 0.3) is 5.69 Å². The van der Waals surface area contributed by atoms with E-state index in [-0.39, 0.29) is 23.8 Å². The van der Waals surface area contributed by atoms with Crippen molar-refractivity contribution >= 4 is 17.6 Å². The van der Waals surface area contributed by atoms with E-state index >= 15 is 0 Å². The molecule has 2 amide bonds. The summed E-state index contributed by atoms with van der Waals surface area (Å²) >= 11 is 0. The maximum atomic E-state index is 13.0. The van der Waals surface area contributed by atoms with E-state index in [0.717, 1.165) is 42.6 Å². The molecule has 0 radical (unpaired) electrons. The number of amides is 2. The van der Waals surface area contributed by atoms with E-state index in [1.807, 2.05) is 37.3 Å². The summed E-state index contributed by atoms with van der Waals surface area (Å²) < 4.78 is 1.78. The van der Waals surface area contributed by atoms with Gasteiger partial charge in [0.1, 0.15) is 5.82 Å². The van der Waals surface area contributed by atoms with E-state index in [9.17, 15) is 9.59 Å². The highest BCUT2D eigenvalue weighted by molar-refractivity contribution is 5.94. The van der Waals surface area contributed by atoms with Crippen molar-refractivity contribution in [1.29, 1.82) is 0 Å². The van der Waals surface area contributed by atoms with Gasteiger partial charge in [0, 0.05) is 24.4 Å². The lowest BCUT2D eigenvalue weighted by molar-refractivity contribution is -0.135. The highest BCUT2D eigenvalue weighted by Crippen LogP contribution is 2.26. The van der Waals surface area contributed by atoms with Crippen LogP contribution in [0.15, 0.2) is 30.3 Å². The number of rotatable bonds is 11. The zero-order valence-corrected chi connectivity index (χ0v) is 21.6. The molecule has 6 nitrogen and oxygen atoms in total. The first-order valence-electron chi connectivity index (χ1n) is 12.3. The Morgan fingerprint density at radius 2 is 1.85 bits per heavy atom. The number of carbonyl (C=O) groups excluding carboxylic acids is 2. The van der Waals surface area contributed by atoms with Crippen LogP contribution in [0.1, 0.15) is 84.9 Å². The van der Waals surface area contributed by atoms with Gasteiger partial charge in [-0.2, -0.15) is 5.10 Å². The fraction of sp³-hybridized carbons (Fsp3) is 0.593. The molecule has 2 rings (SSSR count). The molecule has 1 N–H and O–H groups in total. The summed E-state index contributed by atoms with van der Waals surface area (Å²) in [4.78, 5) is 27.6. The first-order valence-corrected chi connectivity index (χ1v) is 12.3. The number of hydrogen-bond donors (Lipinski definition) is 1. The van der Waals surface area contributed by atoms with Crippen molar-refractivity contribution < 1.29 is 9.59 Å². The Labute approximate surface area is 199 Å². The van der Waals surface area contributed by atoms with E-state index < -0.39 is 0 Å². The molecule has 0 aliphatic rings. The molecule has 0 unspecified atom stereocenters. The fourth-order valence-electron chi connectivity index (χ4n) is 3.71. The third-order valence-electron chi connectivity index (χ3n) is 5.51. The van der Waals surface area contributed by atoms with Crippen molar-refractivity contribution in [3.63, 3.8) is 0 Å². The van der Waals surface area contributed by atoms with Crippen LogP contribution < -0.4 is 5.32 Å². The van der Waals surface area contributed by atoms with Gasteiger partial charge < -0.3 is 10.2 Å². The number of aryl methyl sites for hydroxylation is 1. The molecule has 33 heavy (non-hydrogen) atoms. The predicted octanol–water partition coefficient (Wildman–Crippen LogP) is 5.87. The van der Waals surface area contributed by atoms with Gasteiger partial charge in [-0.3, -0.25) is 9.59 Å². The zero-order valence-electron chi connectivity index (χ0n) is 21.6. The second-order valence-electron chi connectivity index (χ2n) is 10.4. The second-order valence-corrected chi connectivity index (χ2v) is 10.4. The monoisotopic (exact) mass is 454 g/mol. The molecular formula is C27H42N4O2. The summed E-state index contributed by atoms with van der Waals surface area (Å²) in [6.45, 7) is 15.2. The molecular weight excluding hydrogens is 412 g/mol. The number of unbranched alkanes of at least 4 members (excludes halogenated alkanes) is 3. The summed E-state index contributed by atoms with van der Waals surface area (Å²) in [5.41, 5.74) is 2.75. The first kappa shape index (κ1) is 26.6. The van der Waals surface area contributed by atoms with Gasteiger partial charge in [0.05, 0.1) is 17.9 Å². The number of anilines is 1. The third kappa shape index (κ3) is 8.34. The standard InChI is InChI=1S/C27H42N4O2/c1-8-9-10-11-15-26(33)30(18-20(2)3)19-25(32)28-24-17-23(27(5,6)7)29-31(24)22-14-12-13-21(4)16-22/h12-14,16-17,20H,8-11,15,18-19H2,1-7H3,(H,28,32). The van der Waals surface area contributed by atoms with Crippen LogP contribution in [0.3, 0.4) is 0 Å². The molecule has 0 aliphatic carbocycles. The maximum Gasteiger partial charge on any atom is 0.245 e. The SMILES string of the molecule is CCCCCCC(=O)N(CC(=O)Nc1cc(C(C)(C)C)nn1-c1cccc(C)c1)CC(C)C. The van der Waals surface area contributed by atoms with Crippen LogP contribution in [0.4, 0.5) is 5.82 Å². The smallest absolute Gasteiger partial charge is 0.245 e. The number of benzene rings is 1. The molecule has 1 aromatic carbocycles. The van der Waals surface area contributed by atoms with Gasteiger partial charge in [0.2, 0.25) is 11.8 Å². The van der Waals surface area contributed by atoms with Crippen molar-refractivity contribution in [2.75, 3.05) is 18.4 Å². The molecule has 0 aliphatic heterocycles. The number of hydrogen-bond acceptors (Lipinski definition) is 3. The molecule has 1 aromatic heterocycles. The Bertz CT molecular complexity index is 924. The second kappa shape index (κ2) is 12.0. The maximum absolute atomic E-state index is 13.0. The van der Waals surface area contributed by atoms with Crippen molar-refractivity contribution in [3.8, 4) is 5.69 Å². The van der Waals surface area contributed by atoms with Gasteiger partial charge in [-0.25, -0.2) is 4.68 Å². The number of aromatic nitrogens is 2. The molecule has 0 spiro atoms. The van der Waals surface area contributed by atoms with Crippen LogP contribution in [0, 0.1) is 12.8 Å². The molecule has 0 saturated carbocycles. The highest BCUT2D eigenvalue weighted by atomic mass is 16.2. The van der Waals surface area contributed by atoms with E-state index in [0.29, 0.717) is 24.7 Å². The molecule has 6 heteroatoms. The number of nitrogens with zero attached hydrogens (tertiary/aromatic N) is 3. The molecule has 0 bridgehead atoms. The van der Waals surface area contributed by atoms with Crippen LogP contribution in [-0.4, -0.2) is 39.6 Å². The van der Waals surface area contributed by atoms with Crippen molar-refractivity contribution in [2.24, 2.45) is 5.92 Å². The van der Waals surface area contributed by atoms with Gasteiger partial charge in [0.15, 0.2) is 0 Å². The zero-order chi connectivity index (χ0) is 24.6. The summed E-state index contributed by atoms with van der Waals surface area (Å²) in [7, 11) is 0. The van der Waals surface area contributed by atoms with Crippen LogP contribution in [0.2, 0.25) is 0 Å². The minimum absolute atomic E-state index is 0.0502. The van der Waals surface area contributed by atoms with Gasteiger partial charge in [-0.1, -0.05) is 72.9 Å². The van der Waals surface area contributed by atoms with Gasteiger partial charge in [0.25, 0.3) is 0 Å². The van der Waals surface area contributed by atoms with Crippen LogP contribution in [0.5, 0.6) is 0 Å². The quantitative estimate of drug-likeness (QED) is 0.432. The third-order valence-corrected chi connectivity index (χ3v) is 5.51. The molecule has 0 saturated heterocycles. The van der Waals surface area contributed by atoms with Crippen molar-refractivity contribution in [1.82, 2.24) is 14.7 Å². The average Bonchev–Trinajstić information content (AvgIpc) is 3.14. The number of carbonyl (C=O) groups is 2. The van der Waals surface area contributed by atoms with Gasteiger partial charge in [-0.05, 0) is 37.0 Å². The lowest BCUT2D eigenvalue weighted by Crippen LogP contribution is -2.40. The topological polar surface area (TPSA) is 67.2 Å². The minimum Gasteiger partial charge on any atom is -0.333 e. The first-order chi connectivity index (χ1) is 15.5. The largest absolute Gasteiger partial charge is 0.333 e. The minimum atomic E-state index is -0.202. The Kier molecular flexibility index (Phi) is 9.69. The Morgan fingerprint density at radius 3 is 2.45 bits per heavy atom. The Hall–Kier alpha value is -2.63. The lowest BCUT2D eigenvalue weighted by Gasteiger charge is -2.24. The summed E-state index contributed by atoms with van der Waals surface area (Å²) in [6.07, 6.45) is 4.69. The lowest BCUT2D eigenvalue weighted by atomic mass is 9.92. The Balaban J connectivity index is 2.20.